The molecule has 0 unspecified atom stereocenters. The zero-order valence-electron chi connectivity index (χ0n) is 13.1. The van der Waals surface area contributed by atoms with E-state index in [-0.39, 0.29) is 10.6 Å². The molecule has 1 fully saturated rings. The third-order valence-electron chi connectivity index (χ3n) is 4.48. The molecule has 1 aliphatic rings. The van der Waals surface area contributed by atoms with Crippen LogP contribution in [-0.4, -0.2) is 25.1 Å². The van der Waals surface area contributed by atoms with Gasteiger partial charge in [-0.1, -0.05) is 24.3 Å². The van der Waals surface area contributed by atoms with Crippen molar-refractivity contribution < 1.29 is 9.66 Å². The molecule has 23 heavy (non-hydrogen) atoms. The third-order valence-corrected chi connectivity index (χ3v) is 4.48. The number of benzene rings is 2. The lowest BCUT2D eigenvalue weighted by molar-refractivity contribution is -0.384. The zero-order valence-corrected chi connectivity index (χ0v) is 13.1. The van der Waals surface area contributed by atoms with Gasteiger partial charge in [0.2, 0.25) is 0 Å². The minimum Gasteiger partial charge on any atom is -0.497 e. The number of piperidine rings is 1. The molecule has 0 aliphatic carbocycles. The van der Waals surface area contributed by atoms with E-state index in [0.717, 1.165) is 37.4 Å². The summed E-state index contributed by atoms with van der Waals surface area (Å²) < 4.78 is 5.29. The van der Waals surface area contributed by atoms with Crippen molar-refractivity contribution in [3.8, 4) is 5.75 Å². The van der Waals surface area contributed by atoms with E-state index >= 15 is 0 Å². The predicted octanol–water partition coefficient (Wildman–Crippen LogP) is 3.99. The highest BCUT2D eigenvalue weighted by Crippen LogP contribution is 2.35. The second-order valence-electron chi connectivity index (χ2n) is 5.78. The summed E-state index contributed by atoms with van der Waals surface area (Å²) in [5, 5.41) is 11.2. The molecule has 2 aromatic rings. The Morgan fingerprint density at radius 2 is 1.87 bits per heavy atom. The number of nitro benzene ring substituents is 1. The van der Waals surface area contributed by atoms with E-state index in [0.29, 0.717) is 5.92 Å². The van der Waals surface area contributed by atoms with Gasteiger partial charge in [-0.05, 0) is 42.5 Å². The molecule has 1 aliphatic heterocycles. The van der Waals surface area contributed by atoms with E-state index in [1.807, 2.05) is 24.3 Å². The second kappa shape index (κ2) is 6.69. The smallest absolute Gasteiger partial charge is 0.292 e. The first-order valence-corrected chi connectivity index (χ1v) is 7.81. The van der Waals surface area contributed by atoms with Crippen LogP contribution >= 0.6 is 0 Å². The number of nitro groups is 1. The van der Waals surface area contributed by atoms with Crippen LogP contribution in [0.3, 0.4) is 0 Å². The third kappa shape index (κ3) is 3.28. The van der Waals surface area contributed by atoms with Crippen molar-refractivity contribution in [3.05, 3.63) is 64.2 Å². The highest BCUT2D eigenvalue weighted by molar-refractivity contribution is 5.63. The first-order chi connectivity index (χ1) is 11.2. The highest BCUT2D eigenvalue weighted by atomic mass is 16.6. The lowest BCUT2D eigenvalue weighted by Crippen LogP contribution is -2.33. The summed E-state index contributed by atoms with van der Waals surface area (Å²) in [6, 6.07) is 15.2. The average molecular weight is 312 g/mol. The van der Waals surface area contributed by atoms with Crippen LogP contribution in [0, 0.1) is 10.1 Å². The molecule has 1 saturated heterocycles. The Bertz CT molecular complexity index is 694. The fraction of sp³-hybridized carbons (Fsp3) is 0.333. The highest BCUT2D eigenvalue weighted by Gasteiger charge is 2.25. The van der Waals surface area contributed by atoms with Crippen molar-refractivity contribution in [2.45, 2.75) is 18.8 Å². The SMILES string of the molecule is COc1cccc(C2CCN(c3ccccc3[N+](=O)[O-])CC2)c1. The molecule has 0 radical (unpaired) electrons. The number of anilines is 1. The first kappa shape index (κ1) is 15.3. The van der Waals surface area contributed by atoms with Crippen LogP contribution in [0.4, 0.5) is 11.4 Å². The zero-order chi connectivity index (χ0) is 16.2. The van der Waals surface area contributed by atoms with Crippen LogP contribution in [0.1, 0.15) is 24.3 Å². The number of methoxy groups -OCH3 is 1. The second-order valence-corrected chi connectivity index (χ2v) is 5.78. The molecule has 5 nitrogen and oxygen atoms in total. The van der Waals surface area contributed by atoms with E-state index in [9.17, 15) is 10.1 Å². The minimum atomic E-state index is -0.302. The Labute approximate surface area is 135 Å². The minimum absolute atomic E-state index is 0.187. The maximum atomic E-state index is 11.2. The van der Waals surface area contributed by atoms with E-state index < -0.39 is 0 Å². The van der Waals surface area contributed by atoms with Crippen molar-refractivity contribution in [1.29, 1.82) is 0 Å². The van der Waals surface area contributed by atoms with Gasteiger partial charge < -0.3 is 9.64 Å². The number of nitrogens with zero attached hydrogens (tertiary/aromatic N) is 2. The molecular formula is C18H20N2O3. The Hall–Kier alpha value is -2.56. The lowest BCUT2D eigenvalue weighted by Gasteiger charge is -2.33. The first-order valence-electron chi connectivity index (χ1n) is 7.81. The molecule has 2 aromatic carbocycles. The summed E-state index contributed by atoms with van der Waals surface area (Å²) in [6.45, 7) is 1.65. The van der Waals surface area contributed by atoms with Gasteiger partial charge in [0.25, 0.3) is 5.69 Å². The molecule has 0 spiro atoms. The monoisotopic (exact) mass is 312 g/mol. The molecule has 0 aromatic heterocycles. The van der Waals surface area contributed by atoms with Gasteiger partial charge in [-0.25, -0.2) is 0 Å². The summed E-state index contributed by atoms with van der Waals surface area (Å²) in [4.78, 5) is 13.0. The van der Waals surface area contributed by atoms with Gasteiger partial charge in [0.05, 0.1) is 12.0 Å². The summed E-state index contributed by atoms with van der Waals surface area (Å²) in [7, 11) is 1.68. The van der Waals surface area contributed by atoms with Gasteiger partial charge in [0.15, 0.2) is 0 Å². The topological polar surface area (TPSA) is 55.6 Å². The summed E-state index contributed by atoms with van der Waals surface area (Å²) >= 11 is 0. The summed E-state index contributed by atoms with van der Waals surface area (Å²) in [5.41, 5.74) is 2.19. The number of hydrogen-bond donors (Lipinski definition) is 0. The molecule has 0 bridgehead atoms. The van der Waals surface area contributed by atoms with Gasteiger partial charge in [0.1, 0.15) is 11.4 Å². The quantitative estimate of drug-likeness (QED) is 0.633. The molecule has 3 rings (SSSR count). The van der Waals surface area contributed by atoms with Crippen molar-refractivity contribution in [2.24, 2.45) is 0 Å². The standard InChI is InChI=1S/C18H20N2O3/c1-23-16-6-4-5-15(13-16)14-9-11-19(12-10-14)17-7-2-3-8-18(17)20(21)22/h2-8,13-14H,9-12H2,1H3. The Balaban J connectivity index is 1.72. The molecule has 0 amide bonds. The maximum absolute atomic E-state index is 11.2. The van der Waals surface area contributed by atoms with Crippen LogP contribution in [0.25, 0.3) is 0 Å². The molecule has 120 valence electrons. The maximum Gasteiger partial charge on any atom is 0.292 e. The van der Waals surface area contributed by atoms with Gasteiger partial charge in [-0.2, -0.15) is 0 Å². The number of hydrogen-bond acceptors (Lipinski definition) is 4. The van der Waals surface area contributed by atoms with Gasteiger partial charge in [0, 0.05) is 19.2 Å². The Morgan fingerprint density at radius 3 is 2.57 bits per heavy atom. The molecule has 5 heteroatoms. The molecular weight excluding hydrogens is 292 g/mol. The largest absolute Gasteiger partial charge is 0.497 e. The van der Waals surface area contributed by atoms with E-state index in [4.69, 9.17) is 4.74 Å². The molecule has 0 atom stereocenters. The number of ether oxygens (including phenoxy) is 1. The van der Waals surface area contributed by atoms with E-state index in [1.165, 1.54) is 5.56 Å². The number of rotatable bonds is 4. The predicted molar refractivity (Wildman–Crippen MR) is 90.3 cm³/mol. The summed E-state index contributed by atoms with van der Waals surface area (Å²) in [6.07, 6.45) is 1.97. The van der Waals surface area contributed by atoms with Crippen LogP contribution in [0.15, 0.2) is 48.5 Å². The number of para-hydroxylation sites is 2. The van der Waals surface area contributed by atoms with Crippen molar-refractivity contribution >= 4 is 11.4 Å². The summed E-state index contributed by atoms with van der Waals surface area (Å²) in [5.74, 6) is 1.35. The average Bonchev–Trinajstić information content (AvgIpc) is 2.62. The normalized spacial score (nSPS) is 15.4. The molecule has 0 N–H and O–H groups in total. The van der Waals surface area contributed by atoms with E-state index in [2.05, 4.69) is 17.0 Å². The van der Waals surface area contributed by atoms with Crippen LogP contribution < -0.4 is 9.64 Å². The van der Waals surface area contributed by atoms with Crippen molar-refractivity contribution in [1.82, 2.24) is 0 Å². The van der Waals surface area contributed by atoms with Gasteiger partial charge >= 0.3 is 0 Å². The lowest BCUT2D eigenvalue weighted by atomic mass is 9.89. The van der Waals surface area contributed by atoms with Crippen LogP contribution in [0.2, 0.25) is 0 Å². The van der Waals surface area contributed by atoms with E-state index in [1.54, 1.807) is 19.2 Å². The van der Waals surface area contributed by atoms with Gasteiger partial charge in [-0.3, -0.25) is 10.1 Å². The van der Waals surface area contributed by atoms with Gasteiger partial charge in [-0.15, -0.1) is 0 Å². The van der Waals surface area contributed by atoms with Crippen molar-refractivity contribution in [2.75, 3.05) is 25.1 Å². The van der Waals surface area contributed by atoms with Crippen LogP contribution in [-0.2, 0) is 0 Å². The molecule has 1 heterocycles. The Kier molecular flexibility index (Phi) is 4.46. The molecule has 0 saturated carbocycles. The fourth-order valence-corrected chi connectivity index (χ4v) is 3.24. The van der Waals surface area contributed by atoms with Crippen LogP contribution in [0.5, 0.6) is 5.75 Å². The van der Waals surface area contributed by atoms with Crippen molar-refractivity contribution in [3.63, 3.8) is 0 Å². The fourth-order valence-electron chi connectivity index (χ4n) is 3.24. The Morgan fingerprint density at radius 1 is 1.13 bits per heavy atom.